The molecule has 2 heterocycles. The summed E-state index contributed by atoms with van der Waals surface area (Å²) in [6.45, 7) is 4.08. The molecule has 1 unspecified atom stereocenters. The van der Waals surface area contributed by atoms with Gasteiger partial charge in [0.25, 0.3) is 0 Å². The summed E-state index contributed by atoms with van der Waals surface area (Å²) in [5, 5.41) is 4.95. The summed E-state index contributed by atoms with van der Waals surface area (Å²) >= 11 is 9.21. The van der Waals surface area contributed by atoms with E-state index >= 15 is 0 Å². The van der Waals surface area contributed by atoms with Crippen molar-refractivity contribution in [2.24, 2.45) is 0 Å². The summed E-state index contributed by atoms with van der Waals surface area (Å²) in [6.07, 6.45) is 2.20. The van der Waals surface area contributed by atoms with Gasteiger partial charge >= 0.3 is 0 Å². The highest BCUT2D eigenvalue weighted by Crippen LogP contribution is 2.42. The van der Waals surface area contributed by atoms with Crippen molar-refractivity contribution in [1.82, 2.24) is 9.97 Å². The summed E-state index contributed by atoms with van der Waals surface area (Å²) in [5.74, 6) is 0.435. The number of thiophene rings is 1. The number of nitrogens with one attached hydrogen (secondary N) is 1. The number of hydrogen-bond acceptors (Lipinski definition) is 6. The van der Waals surface area contributed by atoms with Crippen LogP contribution in [0.2, 0.25) is 5.02 Å². The van der Waals surface area contributed by atoms with Gasteiger partial charge in [-0.3, -0.25) is 4.79 Å². The molecular weight excluding hydrogens is 462 g/mol. The largest absolute Gasteiger partial charge is 0.495 e. The lowest BCUT2D eigenvalue weighted by Gasteiger charge is -2.17. The molecule has 0 spiro atoms. The van der Waals surface area contributed by atoms with Crippen molar-refractivity contribution in [2.45, 2.75) is 30.5 Å². The number of aryl methyl sites for hydroxylation is 1. The fourth-order valence-corrected chi connectivity index (χ4v) is 5.78. The van der Waals surface area contributed by atoms with E-state index in [2.05, 4.69) is 34.3 Å². The third-order valence-electron chi connectivity index (χ3n) is 5.03. The third kappa shape index (κ3) is 4.60. The van der Waals surface area contributed by atoms with Crippen molar-refractivity contribution in [3.05, 3.63) is 64.8 Å². The standard InChI is InChI=1S/C24H22ClN3O2S2/c1-4-19(22(29)28-17-12-16(25)10-11-18(17)30-3)32-24-21-20(15-8-6-5-7-9-15)14(2)31-23(21)26-13-27-24/h5-13,19H,4H2,1-3H3,(H,28,29). The van der Waals surface area contributed by atoms with Crippen LogP contribution in [0.5, 0.6) is 5.75 Å². The molecule has 5 nitrogen and oxygen atoms in total. The molecule has 4 rings (SSSR count). The van der Waals surface area contributed by atoms with Crippen molar-refractivity contribution >= 4 is 56.5 Å². The lowest BCUT2D eigenvalue weighted by molar-refractivity contribution is -0.115. The highest BCUT2D eigenvalue weighted by atomic mass is 35.5. The summed E-state index contributed by atoms with van der Waals surface area (Å²) in [5.41, 5.74) is 2.79. The molecule has 0 fully saturated rings. The Morgan fingerprint density at radius 2 is 2.00 bits per heavy atom. The van der Waals surface area contributed by atoms with Gasteiger partial charge < -0.3 is 10.1 Å². The number of anilines is 1. The summed E-state index contributed by atoms with van der Waals surface area (Å²) < 4.78 is 5.36. The maximum Gasteiger partial charge on any atom is 0.238 e. The van der Waals surface area contributed by atoms with E-state index in [9.17, 15) is 4.79 Å². The number of benzene rings is 2. The minimum Gasteiger partial charge on any atom is -0.495 e. The van der Waals surface area contributed by atoms with Gasteiger partial charge in [-0.25, -0.2) is 9.97 Å². The Morgan fingerprint density at radius 1 is 1.22 bits per heavy atom. The molecule has 4 aromatic rings. The van der Waals surface area contributed by atoms with Crippen molar-refractivity contribution in [2.75, 3.05) is 12.4 Å². The van der Waals surface area contributed by atoms with Crippen LogP contribution in [0.4, 0.5) is 5.69 Å². The number of fused-ring (bicyclic) bond motifs is 1. The fraction of sp³-hybridized carbons (Fsp3) is 0.208. The number of halogens is 1. The second kappa shape index (κ2) is 9.90. The van der Waals surface area contributed by atoms with Gasteiger partial charge in [0.05, 0.1) is 23.4 Å². The van der Waals surface area contributed by atoms with Crippen LogP contribution in [-0.2, 0) is 4.79 Å². The molecule has 0 bridgehead atoms. The number of methoxy groups -OCH3 is 1. The number of aromatic nitrogens is 2. The van der Waals surface area contributed by atoms with E-state index in [0.29, 0.717) is 22.9 Å². The highest BCUT2D eigenvalue weighted by Gasteiger charge is 2.24. The van der Waals surface area contributed by atoms with E-state index in [1.54, 1.807) is 43.0 Å². The van der Waals surface area contributed by atoms with Crippen molar-refractivity contribution in [1.29, 1.82) is 0 Å². The van der Waals surface area contributed by atoms with E-state index in [0.717, 1.165) is 26.4 Å². The molecule has 1 amide bonds. The number of carbonyl (C=O) groups excluding carboxylic acids is 1. The smallest absolute Gasteiger partial charge is 0.238 e. The van der Waals surface area contributed by atoms with Crippen molar-refractivity contribution in [3.8, 4) is 16.9 Å². The zero-order chi connectivity index (χ0) is 22.7. The molecule has 2 aromatic heterocycles. The second-order valence-electron chi connectivity index (χ2n) is 7.11. The normalized spacial score (nSPS) is 12.0. The number of ether oxygens (including phenoxy) is 1. The van der Waals surface area contributed by atoms with Gasteiger partial charge in [0.1, 0.15) is 21.9 Å². The Labute approximate surface area is 200 Å². The number of carbonyl (C=O) groups is 1. The quantitative estimate of drug-likeness (QED) is 0.230. The summed E-state index contributed by atoms with van der Waals surface area (Å²) in [4.78, 5) is 24.3. The van der Waals surface area contributed by atoms with Crippen LogP contribution >= 0.6 is 34.7 Å². The van der Waals surface area contributed by atoms with Crippen molar-refractivity contribution < 1.29 is 9.53 Å². The van der Waals surface area contributed by atoms with Crippen LogP contribution in [0.1, 0.15) is 18.2 Å². The number of hydrogen-bond donors (Lipinski definition) is 1. The Bertz CT molecular complexity index is 1260. The molecule has 0 saturated carbocycles. The first kappa shape index (κ1) is 22.6. The lowest BCUT2D eigenvalue weighted by atomic mass is 10.0. The van der Waals surface area contributed by atoms with Crippen LogP contribution in [0, 0.1) is 6.92 Å². The molecule has 32 heavy (non-hydrogen) atoms. The summed E-state index contributed by atoms with van der Waals surface area (Å²) in [6, 6.07) is 15.4. The zero-order valence-corrected chi connectivity index (χ0v) is 20.3. The van der Waals surface area contributed by atoms with E-state index in [1.165, 1.54) is 16.6 Å². The molecule has 0 saturated heterocycles. The molecule has 0 radical (unpaired) electrons. The van der Waals surface area contributed by atoms with Gasteiger partial charge in [0.2, 0.25) is 5.91 Å². The highest BCUT2D eigenvalue weighted by molar-refractivity contribution is 8.00. The molecule has 8 heteroatoms. The van der Waals surface area contributed by atoms with Gasteiger partial charge in [0, 0.05) is 15.5 Å². The van der Waals surface area contributed by atoms with Gasteiger partial charge in [-0.2, -0.15) is 0 Å². The number of thioether (sulfide) groups is 1. The third-order valence-corrected chi connectivity index (χ3v) is 7.64. The van der Waals surface area contributed by atoms with Gasteiger partial charge in [0.15, 0.2) is 0 Å². The van der Waals surface area contributed by atoms with Crippen LogP contribution < -0.4 is 10.1 Å². The predicted molar refractivity (Wildman–Crippen MR) is 134 cm³/mol. The molecule has 1 N–H and O–H groups in total. The molecule has 164 valence electrons. The fourth-order valence-electron chi connectivity index (χ4n) is 3.51. The molecule has 0 aliphatic carbocycles. The monoisotopic (exact) mass is 483 g/mol. The van der Waals surface area contributed by atoms with Gasteiger partial charge in [-0.05, 0) is 37.1 Å². The average molecular weight is 484 g/mol. The molecule has 0 aliphatic heterocycles. The number of rotatable bonds is 7. The first-order valence-electron chi connectivity index (χ1n) is 10.1. The van der Waals surface area contributed by atoms with Crippen LogP contribution in [0.3, 0.4) is 0 Å². The van der Waals surface area contributed by atoms with Crippen LogP contribution in [0.25, 0.3) is 21.3 Å². The SMILES string of the molecule is CCC(Sc1ncnc2sc(C)c(-c3ccccc3)c12)C(=O)Nc1cc(Cl)ccc1OC. The molecule has 2 aromatic carbocycles. The molecule has 1 atom stereocenters. The topological polar surface area (TPSA) is 64.1 Å². The van der Waals surface area contributed by atoms with E-state index in [1.807, 2.05) is 25.1 Å². The predicted octanol–water partition coefficient (Wildman–Crippen LogP) is 6.84. The zero-order valence-electron chi connectivity index (χ0n) is 17.9. The summed E-state index contributed by atoms with van der Waals surface area (Å²) in [7, 11) is 1.56. The minimum atomic E-state index is -0.347. The second-order valence-corrected chi connectivity index (χ2v) is 9.94. The Kier molecular flexibility index (Phi) is 6.98. The first-order valence-corrected chi connectivity index (χ1v) is 12.2. The molecular formula is C24H22ClN3O2S2. The molecule has 0 aliphatic rings. The maximum atomic E-state index is 13.2. The Balaban J connectivity index is 1.68. The number of nitrogens with zero attached hydrogens (tertiary/aromatic N) is 2. The Hall–Kier alpha value is -2.61. The van der Waals surface area contributed by atoms with E-state index < -0.39 is 0 Å². The average Bonchev–Trinajstić information content (AvgIpc) is 3.14. The minimum absolute atomic E-state index is 0.127. The number of amides is 1. The van der Waals surface area contributed by atoms with Gasteiger partial charge in [-0.15, -0.1) is 11.3 Å². The van der Waals surface area contributed by atoms with Crippen LogP contribution in [-0.4, -0.2) is 28.2 Å². The van der Waals surface area contributed by atoms with Crippen molar-refractivity contribution in [3.63, 3.8) is 0 Å². The maximum absolute atomic E-state index is 13.2. The Morgan fingerprint density at radius 3 is 2.72 bits per heavy atom. The first-order chi connectivity index (χ1) is 15.5. The van der Waals surface area contributed by atoms with E-state index in [4.69, 9.17) is 16.3 Å². The lowest BCUT2D eigenvalue weighted by Crippen LogP contribution is -2.25. The van der Waals surface area contributed by atoms with Gasteiger partial charge in [-0.1, -0.05) is 60.6 Å². The van der Waals surface area contributed by atoms with E-state index in [-0.39, 0.29) is 11.2 Å². The van der Waals surface area contributed by atoms with Crippen LogP contribution in [0.15, 0.2) is 59.9 Å².